The Hall–Kier alpha value is -4.68. The van der Waals surface area contributed by atoms with Crippen LogP contribution >= 0.6 is 24.8 Å². The van der Waals surface area contributed by atoms with E-state index in [0.717, 1.165) is 16.5 Å². The highest BCUT2D eigenvalue weighted by atomic mass is 35.5. The predicted molar refractivity (Wildman–Crippen MR) is 181 cm³/mol. The van der Waals surface area contributed by atoms with Gasteiger partial charge in [0.2, 0.25) is 0 Å². The molecule has 6 nitrogen and oxygen atoms in total. The molecule has 40 heavy (non-hydrogen) atoms. The number of benzene rings is 2. The van der Waals surface area contributed by atoms with Crippen molar-refractivity contribution < 1.29 is 25.0 Å². The summed E-state index contributed by atoms with van der Waals surface area (Å²) in [5.41, 5.74) is 0. The Morgan fingerprint density at radius 2 is 1.23 bits per heavy atom. The van der Waals surface area contributed by atoms with Crippen molar-refractivity contribution in [1.82, 2.24) is 5.32 Å². The zero-order valence-electron chi connectivity index (χ0n) is 22.6. The lowest BCUT2D eigenvalue weighted by atomic mass is 10.1. The van der Waals surface area contributed by atoms with E-state index in [9.17, 15) is 5.11 Å². The van der Waals surface area contributed by atoms with Crippen molar-refractivity contribution in [2.45, 2.75) is 39.8 Å². The lowest BCUT2D eigenvalue weighted by molar-refractivity contribution is 0.105. The fourth-order valence-electron chi connectivity index (χ4n) is 2.38. The van der Waals surface area contributed by atoms with Crippen LogP contribution in [0, 0.1) is 87.8 Å². The topological polar surface area (TPSA) is 91.1 Å². The number of hydrogen-bond acceptors (Lipinski definition) is 5. The van der Waals surface area contributed by atoms with Crippen molar-refractivity contribution in [1.29, 1.82) is 0 Å². The van der Waals surface area contributed by atoms with Gasteiger partial charge in [0.15, 0.2) is 5.34 Å². The van der Waals surface area contributed by atoms with E-state index in [1.807, 2.05) is 30.3 Å². The number of rotatable bonds is 6. The van der Waals surface area contributed by atoms with Crippen LogP contribution in [0.4, 0.5) is 0 Å². The van der Waals surface area contributed by atoms with E-state index < -0.39 is 6.10 Å². The van der Waals surface area contributed by atoms with Gasteiger partial charge in [-0.15, -0.1) is 29.7 Å². The van der Waals surface area contributed by atoms with Crippen molar-refractivity contribution in [3.8, 4) is 88.6 Å². The highest BCUT2D eigenvalue weighted by Gasteiger charge is 2.07. The summed E-state index contributed by atoms with van der Waals surface area (Å²) >= 11 is 0. The molecule has 2 aromatic rings. The average molecular weight is 592 g/mol. The van der Waals surface area contributed by atoms with E-state index in [2.05, 4.69) is 114 Å². The van der Waals surface area contributed by atoms with Crippen molar-refractivity contribution >= 4 is 35.6 Å². The van der Waals surface area contributed by atoms with Crippen LogP contribution in [0.3, 0.4) is 0 Å². The first-order chi connectivity index (χ1) is 18.5. The number of aliphatic hydroxyl groups is 1. The molecule has 0 bridgehead atoms. The quantitative estimate of drug-likeness (QED) is 0.207. The monoisotopic (exact) mass is 590 g/mol. The SMILES string of the molecule is CC#CC#CC#CC#CC#CC#CC#CC.CC(C)NCC(O)COc1cccc2ccccc12.Cl.Cl.O=NO.[HH].[HH].[HH].[HH].[HH].[HH].[HH]. The van der Waals surface area contributed by atoms with Crippen LogP contribution in [0.15, 0.2) is 47.8 Å². The molecule has 1 unspecified atom stereocenters. The zero-order chi connectivity index (χ0) is 28.3. The predicted octanol–water partition coefficient (Wildman–Crippen LogP) is 6.34. The first-order valence-corrected chi connectivity index (χ1v) is 11.3. The van der Waals surface area contributed by atoms with E-state index in [-0.39, 0.29) is 34.8 Å². The van der Waals surface area contributed by atoms with Gasteiger partial charge in [0, 0.05) is 28.0 Å². The van der Waals surface area contributed by atoms with E-state index >= 15 is 0 Å². The molecule has 3 N–H and O–H groups in total. The van der Waals surface area contributed by atoms with Crippen LogP contribution in [0.25, 0.3) is 10.8 Å². The second-order valence-corrected chi connectivity index (χ2v) is 7.09. The van der Waals surface area contributed by atoms with Crippen LogP contribution in [0.2, 0.25) is 0 Å². The van der Waals surface area contributed by atoms with E-state index in [1.165, 1.54) is 5.34 Å². The second kappa shape index (κ2) is 28.9. The first-order valence-electron chi connectivity index (χ1n) is 11.3. The Bertz CT molecular complexity index is 1440. The number of hydrogen-bond donors (Lipinski definition) is 3. The molecular weight excluding hydrogens is 547 g/mol. The van der Waals surface area contributed by atoms with Gasteiger partial charge in [-0.3, -0.25) is 0 Å². The molecule has 0 heterocycles. The van der Waals surface area contributed by atoms with Gasteiger partial charge in [-0.25, -0.2) is 0 Å². The summed E-state index contributed by atoms with van der Waals surface area (Å²) in [5.74, 6) is 36.4. The Labute approximate surface area is 260 Å². The number of fused-ring (bicyclic) bond motifs is 1. The molecular formula is C32H44Cl2N2O4. The van der Waals surface area contributed by atoms with Gasteiger partial charge in [0.25, 0.3) is 0 Å². The molecule has 2 aromatic carbocycles. The molecule has 0 radical (unpaired) electrons. The minimum Gasteiger partial charge on any atom is -0.490 e. The van der Waals surface area contributed by atoms with Gasteiger partial charge >= 0.3 is 0 Å². The number of nitrogens with one attached hydrogen (secondary N) is 1. The molecule has 0 amide bonds. The molecule has 0 aliphatic carbocycles. The van der Waals surface area contributed by atoms with E-state index in [4.69, 9.17) is 14.9 Å². The Balaban J connectivity index is -0.0000000575. The molecule has 0 aliphatic rings. The maximum Gasteiger partial charge on any atom is 0.152 e. The summed E-state index contributed by atoms with van der Waals surface area (Å²) in [5, 5.41) is 23.1. The maximum absolute atomic E-state index is 9.84. The lowest BCUT2D eigenvalue weighted by Crippen LogP contribution is -2.35. The summed E-state index contributed by atoms with van der Waals surface area (Å²) in [6, 6.07) is 14.4. The molecule has 1 atom stereocenters. The summed E-state index contributed by atoms with van der Waals surface area (Å²) in [6.45, 7) is 8.37. The number of aliphatic hydroxyl groups excluding tert-OH is 1. The highest BCUT2D eigenvalue weighted by Crippen LogP contribution is 2.25. The van der Waals surface area contributed by atoms with Crippen LogP contribution in [0.5, 0.6) is 5.75 Å². The zero-order valence-corrected chi connectivity index (χ0v) is 24.2. The van der Waals surface area contributed by atoms with Crippen molar-refractivity contribution in [2.24, 2.45) is 5.34 Å². The maximum atomic E-state index is 9.84. The van der Waals surface area contributed by atoms with Gasteiger partial charge in [-0.2, -0.15) is 0 Å². The van der Waals surface area contributed by atoms with Gasteiger partial charge in [0.05, 0.1) is 0 Å². The van der Waals surface area contributed by atoms with Gasteiger partial charge in [0.1, 0.15) is 18.5 Å². The number of ether oxygens (including phenoxy) is 1. The van der Waals surface area contributed by atoms with Crippen molar-refractivity contribution in [3.63, 3.8) is 0 Å². The fourth-order valence-corrected chi connectivity index (χ4v) is 2.38. The molecule has 220 valence electrons. The summed E-state index contributed by atoms with van der Waals surface area (Å²) in [6.07, 6.45) is -0.499. The van der Waals surface area contributed by atoms with Crippen LogP contribution in [-0.2, 0) is 0 Å². The second-order valence-electron chi connectivity index (χ2n) is 7.09. The fraction of sp³-hybridized carbons (Fsp3) is 0.250. The Morgan fingerprint density at radius 1 is 0.800 bits per heavy atom. The molecule has 0 aromatic heterocycles. The third kappa shape index (κ3) is 22.5. The smallest absolute Gasteiger partial charge is 0.152 e. The van der Waals surface area contributed by atoms with Gasteiger partial charge in [-0.1, -0.05) is 62.1 Å². The van der Waals surface area contributed by atoms with Crippen LogP contribution in [0.1, 0.15) is 37.7 Å². The third-order valence-corrected chi connectivity index (χ3v) is 3.88. The lowest BCUT2D eigenvalue weighted by Gasteiger charge is -2.15. The van der Waals surface area contributed by atoms with Crippen molar-refractivity contribution in [2.75, 3.05) is 13.2 Å². The highest BCUT2D eigenvalue weighted by molar-refractivity contribution is 5.88. The number of nitrogens with zero attached hydrogens (tertiary/aromatic N) is 1. The van der Waals surface area contributed by atoms with Crippen LogP contribution in [-0.4, -0.2) is 35.6 Å². The van der Waals surface area contributed by atoms with E-state index in [1.54, 1.807) is 13.8 Å². The standard InChI is InChI=1S/C16H21NO2.C16H6.2ClH.HNO2.7H2/c1-12(2)17-10-14(18)11-19-16-9-5-7-13-6-3-4-8-15(13)16;1-3-5-7-9-11-13-15-16-14-12-10-8-6-4-2;;;2-1-3;;;;;;;/h3-9,12,14,17-18H,10-11H2,1-2H3;1-2H3;2*1H;(H,2,3);7*1H. The molecule has 2 rings (SSSR count). The number of halogens is 2. The summed E-state index contributed by atoms with van der Waals surface area (Å²) in [7, 11) is 0. The summed E-state index contributed by atoms with van der Waals surface area (Å²) in [4.78, 5) is 8.11. The van der Waals surface area contributed by atoms with Crippen LogP contribution < -0.4 is 10.1 Å². The average Bonchev–Trinajstić information content (AvgIpc) is 2.92. The molecule has 0 spiro atoms. The Kier molecular flexibility index (Phi) is 28.8. The van der Waals surface area contributed by atoms with E-state index in [0.29, 0.717) is 19.2 Å². The molecule has 0 fully saturated rings. The first kappa shape index (κ1) is 39.8. The normalized spacial score (nSPS) is 7.95. The van der Waals surface area contributed by atoms with Crippen molar-refractivity contribution in [3.05, 3.63) is 47.4 Å². The molecule has 0 aliphatic heterocycles. The molecule has 0 saturated carbocycles. The van der Waals surface area contributed by atoms with Gasteiger partial charge in [-0.05, 0) is 96.3 Å². The molecule has 8 heteroatoms. The summed E-state index contributed by atoms with van der Waals surface area (Å²) < 4.78 is 5.72. The minimum absolute atomic E-state index is 0. The third-order valence-electron chi connectivity index (χ3n) is 3.88. The van der Waals surface area contributed by atoms with Gasteiger partial charge < -0.3 is 20.4 Å². The Morgan fingerprint density at radius 3 is 1.68 bits per heavy atom. The largest absolute Gasteiger partial charge is 0.490 e. The molecule has 0 saturated heterocycles. The minimum atomic E-state index is -0.499.